The molecular weight excluding hydrogens is 234 g/mol. The summed E-state index contributed by atoms with van der Waals surface area (Å²) in [5.41, 5.74) is 0. The number of hydrogen-bond acceptors (Lipinski definition) is 2. The van der Waals surface area contributed by atoms with Gasteiger partial charge in [-0.15, -0.1) is 0 Å². The maximum Gasteiger partial charge on any atom is 0.303 e. The van der Waals surface area contributed by atoms with E-state index in [-0.39, 0.29) is 19.3 Å². The average molecular weight is 262 g/mol. The van der Waals surface area contributed by atoms with Crippen LogP contribution in [-0.4, -0.2) is 52.8 Å². The Bertz CT molecular complexity index is 206. The van der Waals surface area contributed by atoms with Gasteiger partial charge in [-0.1, -0.05) is 0 Å². The van der Waals surface area contributed by atoms with Crippen LogP contribution in [0, 0.1) is 0 Å². The summed E-state index contributed by atoms with van der Waals surface area (Å²) in [6.45, 7) is 14.2. The fourth-order valence-electron chi connectivity index (χ4n) is 1.73. The molecule has 0 aromatic rings. The van der Waals surface area contributed by atoms with E-state index in [0.29, 0.717) is 0 Å². The third-order valence-electron chi connectivity index (χ3n) is 3.46. The van der Waals surface area contributed by atoms with Gasteiger partial charge in [-0.25, -0.2) is 0 Å². The van der Waals surface area contributed by atoms with Crippen LogP contribution in [0.3, 0.4) is 0 Å². The van der Waals surface area contributed by atoms with Gasteiger partial charge in [0.05, 0.1) is 26.2 Å². The Labute approximate surface area is 110 Å². The van der Waals surface area contributed by atoms with Crippen molar-refractivity contribution in [1.82, 2.24) is 0 Å². The van der Waals surface area contributed by atoms with Gasteiger partial charge in [-0.05, 0) is 34.1 Å². The molecule has 0 heterocycles. The topological polar surface area (TPSA) is 74.6 Å². The first-order chi connectivity index (χ1) is 8.37. The third-order valence-corrected chi connectivity index (χ3v) is 3.46. The van der Waals surface area contributed by atoms with Crippen molar-refractivity contribution in [1.29, 1.82) is 0 Å². The Morgan fingerprint density at radius 2 is 1.06 bits per heavy atom. The SMILES string of the molecule is CC[N+](CC)(CC)CC.O=C(O)CCCC(=O)O. The molecule has 0 fully saturated rings. The molecule has 0 bridgehead atoms. The van der Waals surface area contributed by atoms with E-state index in [1.54, 1.807) is 0 Å². The van der Waals surface area contributed by atoms with E-state index in [1.165, 1.54) is 30.7 Å². The Hall–Kier alpha value is -1.10. The van der Waals surface area contributed by atoms with Gasteiger partial charge in [0.25, 0.3) is 0 Å². The highest BCUT2D eigenvalue weighted by Crippen LogP contribution is 2.03. The van der Waals surface area contributed by atoms with Crippen LogP contribution in [-0.2, 0) is 9.59 Å². The summed E-state index contributed by atoms with van der Waals surface area (Å²) in [4.78, 5) is 19.6. The minimum atomic E-state index is -0.948. The number of carbonyl (C=O) groups is 2. The molecule has 0 unspecified atom stereocenters. The molecule has 0 spiro atoms. The number of carboxylic acids is 2. The molecule has 5 nitrogen and oxygen atoms in total. The molecule has 0 aliphatic carbocycles. The quantitative estimate of drug-likeness (QED) is 0.658. The first kappa shape index (κ1) is 19.2. The molecule has 18 heavy (non-hydrogen) atoms. The summed E-state index contributed by atoms with van der Waals surface area (Å²) in [6, 6.07) is 0. The molecule has 2 N–H and O–H groups in total. The number of quaternary nitrogens is 1. The summed E-state index contributed by atoms with van der Waals surface area (Å²) in [5, 5.41) is 16.1. The van der Waals surface area contributed by atoms with Gasteiger partial charge in [-0.3, -0.25) is 9.59 Å². The smallest absolute Gasteiger partial charge is 0.303 e. The first-order valence-electron chi connectivity index (χ1n) is 6.66. The van der Waals surface area contributed by atoms with Crippen LogP contribution in [0.5, 0.6) is 0 Å². The second-order valence-electron chi connectivity index (χ2n) is 4.25. The predicted molar refractivity (Wildman–Crippen MR) is 71.5 cm³/mol. The van der Waals surface area contributed by atoms with E-state index in [2.05, 4.69) is 27.7 Å². The number of carboxylic acid groups (broad SMARTS) is 2. The summed E-state index contributed by atoms with van der Waals surface area (Å²) in [7, 11) is 0. The van der Waals surface area contributed by atoms with Gasteiger partial charge >= 0.3 is 11.9 Å². The highest BCUT2D eigenvalue weighted by Gasteiger charge is 2.16. The van der Waals surface area contributed by atoms with Gasteiger partial charge < -0.3 is 14.7 Å². The van der Waals surface area contributed by atoms with Gasteiger partial charge in [0, 0.05) is 12.8 Å². The molecule has 0 radical (unpaired) electrons. The highest BCUT2D eigenvalue weighted by atomic mass is 16.4. The van der Waals surface area contributed by atoms with E-state index in [1.807, 2.05) is 0 Å². The maximum absolute atomic E-state index is 9.79. The lowest BCUT2D eigenvalue weighted by Gasteiger charge is -2.34. The molecule has 0 saturated carbocycles. The molecule has 0 rings (SSSR count). The zero-order valence-corrected chi connectivity index (χ0v) is 12.1. The fraction of sp³-hybridized carbons (Fsp3) is 0.846. The van der Waals surface area contributed by atoms with Crippen molar-refractivity contribution in [2.24, 2.45) is 0 Å². The van der Waals surface area contributed by atoms with E-state index < -0.39 is 11.9 Å². The maximum atomic E-state index is 9.79. The number of aliphatic carboxylic acids is 2. The molecule has 0 aromatic heterocycles. The molecule has 5 heteroatoms. The van der Waals surface area contributed by atoms with E-state index in [0.717, 1.165) is 0 Å². The zero-order chi connectivity index (χ0) is 14.6. The van der Waals surface area contributed by atoms with Gasteiger partial charge in [0.2, 0.25) is 0 Å². The molecule has 108 valence electrons. The monoisotopic (exact) mass is 262 g/mol. The average Bonchev–Trinajstić information content (AvgIpc) is 2.32. The van der Waals surface area contributed by atoms with Crippen molar-refractivity contribution in [2.45, 2.75) is 47.0 Å². The molecular formula is C13H28NO4+. The van der Waals surface area contributed by atoms with Gasteiger partial charge in [-0.2, -0.15) is 0 Å². The van der Waals surface area contributed by atoms with Crippen molar-refractivity contribution in [2.75, 3.05) is 26.2 Å². The second kappa shape index (κ2) is 11.0. The lowest BCUT2D eigenvalue weighted by molar-refractivity contribution is -0.921. The van der Waals surface area contributed by atoms with Crippen molar-refractivity contribution >= 4 is 11.9 Å². The Balaban J connectivity index is 0. The van der Waals surface area contributed by atoms with E-state index in [9.17, 15) is 9.59 Å². The first-order valence-corrected chi connectivity index (χ1v) is 6.66. The van der Waals surface area contributed by atoms with Gasteiger partial charge in [0.15, 0.2) is 0 Å². The molecule has 0 saturated heterocycles. The molecule has 0 amide bonds. The summed E-state index contributed by atoms with van der Waals surface area (Å²) < 4.78 is 1.28. The molecule has 0 atom stereocenters. The number of hydrogen-bond donors (Lipinski definition) is 2. The minimum Gasteiger partial charge on any atom is -0.481 e. The van der Waals surface area contributed by atoms with Crippen LogP contribution >= 0.6 is 0 Å². The van der Waals surface area contributed by atoms with Crippen molar-refractivity contribution in [3.63, 3.8) is 0 Å². The van der Waals surface area contributed by atoms with Crippen molar-refractivity contribution < 1.29 is 24.3 Å². The second-order valence-corrected chi connectivity index (χ2v) is 4.25. The van der Waals surface area contributed by atoms with Crippen LogP contribution in [0.4, 0.5) is 0 Å². The van der Waals surface area contributed by atoms with Crippen molar-refractivity contribution in [3.8, 4) is 0 Å². The minimum absolute atomic E-state index is 0.0632. The van der Waals surface area contributed by atoms with Crippen molar-refractivity contribution in [3.05, 3.63) is 0 Å². The van der Waals surface area contributed by atoms with Crippen LogP contribution in [0.1, 0.15) is 47.0 Å². The van der Waals surface area contributed by atoms with Crippen LogP contribution < -0.4 is 0 Å². The summed E-state index contributed by atoms with van der Waals surface area (Å²) in [6.07, 6.45) is 0.0866. The number of rotatable bonds is 8. The Morgan fingerprint density at radius 1 is 0.778 bits per heavy atom. The largest absolute Gasteiger partial charge is 0.481 e. The molecule has 0 aromatic carbocycles. The third kappa shape index (κ3) is 10.1. The Morgan fingerprint density at radius 3 is 1.17 bits per heavy atom. The van der Waals surface area contributed by atoms with Gasteiger partial charge in [0.1, 0.15) is 0 Å². The molecule has 0 aliphatic heterocycles. The van der Waals surface area contributed by atoms with E-state index in [4.69, 9.17) is 10.2 Å². The summed E-state index contributed by atoms with van der Waals surface area (Å²) in [5.74, 6) is -1.90. The van der Waals surface area contributed by atoms with Crippen LogP contribution in [0.15, 0.2) is 0 Å². The lowest BCUT2D eigenvalue weighted by Crippen LogP contribution is -2.47. The lowest BCUT2D eigenvalue weighted by atomic mass is 10.2. The molecule has 0 aliphatic rings. The Kier molecular flexibility index (Phi) is 11.8. The highest BCUT2D eigenvalue weighted by molar-refractivity contribution is 5.69. The fourth-order valence-corrected chi connectivity index (χ4v) is 1.73. The number of nitrogens with zero attached hydrogens (tertiary/aromatic N) is 1. The zero-order valence-electron chi connectivity index (χ0n) is 12.1. The van der Waals surface area contributed by atoms with Crippen LogP contribution in [0.25, 0.3) is 0 Å². The summed E-state index contributed by atoms with van der Waals surface area (Å²) >= 11 is 0. The standard InChI is InChI=1S/C8H20N.C5H8O4/c1-5-9(6-2,7-3)8-4;6-4(7)2-1-3-5(8)9/h5-8H2,1-4H3;1-3H2,(H,6,7)(H,8,9)/q+1;. The predicted octanol–water partition coefficient (Wildman–Crippen LogP) is 2.21. The van der Waals surface area contributed by atoms with E-state index >= 15 is 0 Å². The van der Waals surface area contributed by atoms with Crippen LogP contribution in [0.2, 0.25) is 0 Å². The normalized spacial score (nSPS) is 10.4.